The SMILES string of the molecule is CCCCc1ccc(C=NN=Cc2ccc(OCC(F)(F)F)cc2)cc1. The molecule has 0 radical (unpaired) electrons. The Morgan fingerprint density at radius 1 is 0.885 bits per heavy atom. The van der Waals surface area contributed by atoms with Crippen molar-refractivity contribution in [3.05, 3.63) is 65.2 Å². The van der Waals surface area contributed by atoms with Gasteiger partial charge in [0.2, 0.25) is 0 Å². The summed E-state index contributed by atoms with van der Waals surface area (Å²) in [4.78, 5) is 0. The van der Waals surface area contributed by atoms with Gasteiger partial charge in [0.05, 0.1) is 12.4 Å². The standard InChI is InChI=1S/C20H21F3N2O/c1-2-3-4-16-5-7-17(8-6-16)13-24-25-14-18-9-11-19(12-10-18)26-15-20(21,22)23/h5-14H,2-4,15H2,1H3. The molecule has 0 aliphatic heterocycles. The van der Waals surface area contributed by atoms with E-state index in [2.05, 4.69) is 34.0 Å². The van der Waals surface area contributed by atoms with Crippen LogP contribution in [0, 0.1) is 0 Å². The maximum Gasteiger partial charge on any atom is 0.422 e. The van der Waals surface area contributed by atoms with E-state index >= 15 is 0 Å². The Morgan fingerprint density at radius 3 is 1.92 bits per heavy atom. The molecule has 0 unspecified atom stereocenters. The van der Waals surface area contributed by atoms with Gasteiger partial charge in [-0.3, -0.25) is 0 Å². The second kappa shape index (κ2) is 9.75. The van der Waals surface area contributed by atoms with Crippen LogP contribution in [0.5, 0.6) is 5.75 Å². The molecular formula is C20H21F3N2O. The van der Waals surface area contributed by atoms with E-state index in [0.29, 0.717) is 0 Å². The second-order valence-corrected chi connectivity index (χ2v) is 5.81. The van der Waals surface area contributed by atoms with Gasteiger partial charge in [0.15, 0.2) is 6.61 Å². The number of hydrogen-bond donors (Lipinski definition) is 0. The Bertz CT molecular complexity index is 720. The van der Waals surface area contributed by atoms with Gasteiger partial charge in [0.25, 0.3) is 0 Å². The van der Waals surface area contributed by atoms with Crippen LogP contribution < -0.4 is 4.74 Å². The summed E-state index contributed by atoms with van der Waals surface area (Å²) in [6.45, 7) is 0.865. The van der Waals surface area contributed by atoms with Crippen LogP contribution in [0.25, 0.3) is 0 Å². The first-order valence-corrected chi connectivity index (χ1v) is 8.41. The van der Waals surface area contributed by atoms with E-state index in [1.165, 1.54) is 36.8 Å². The van der Waals surface area contributed by atoms with Crippen molar-refractivity contribution in [2.24, 2.45) is 10.2 Å². The molecule has 3 nitrogen and oxygen atoms in total. The predicted molar refractivity (Wildman–Crippen MR) is 98.2 cm³/mol. The van der Waals surface area contributed by atoms with Crippen molar-refractivity contribution in [2.75, 3.05) is 6.61 Å². The third-order valence-corrected chi connectivity index (χ3v) is 3.56. The first-order valence-electron chi connectivity index (χ1n) is 8.41. The molecule has 0 aromatic heterocycles. The fraction of sp³-hybridized carbons (Fsp3) is 0.300. The van der Waals surface area contributed by atoms with E-state index in [1.54, 1.807) is 18.3 Å². The van der Waals surface area contributed by atoms with Crippen molar-refractivity contribution in [1.82, 2.24) is 0 Å². The van der Waals surface area contributed by atoms with Gasteiger partial charge in [-0.2, -0.15) is 23.4 Å². The van der Waals surface area contributed by atoms with Crippen LogP contribution >= 0.6 is 0 Å². The van der Waals surface area contributed by atoms with Crippen molar-refractivity contribution in [3.63, 3.8) is 0 Å². The van der Waals surface area contributed by atoms with Gasteiger partial charge in [0.1, 0.15) is 5.75 Å². The Balaban J connectivity index is 1.84. The fourth-order valence-electron chi connectivity index (χ4n) is 2.17. The van der Waals surface area contributed by atoms with Crippen molar-refractivity contribution < 1.29 is 17.9 Å². The van der Waals surface area contributed by atoms with E-state index in [0.717, 1.165) is 17.5 Å². The van der Waals surface area contributed by atoms with Gasteiger partial charge in [-0.15, -0.1) is 0 Å². The molecule has 0 aliphatic rings. The Hall–Kier alpha value is -2.63. The average Bonchev–Trinajstić information content (AvgIpc) is 2.63. The molecule has 0 saturated carbocycles. The predicted octanol–water partition coefficient (Wildman–Crippen LogP) is 5.42. The van der Waals surface area contributed by atoms with Gasteiger partial charge < -0.3 is 4.74 Å². The average molecular weight is 362 g/mol. The molecule has 6 heteroatoms. The number of halogens is 3. The molecular weight excluding hydrogens is 341 g/mol. The molecule has 0 aliphatic carbocycles. The van der Waals surface area contributed by atoms with Crippen molar-refractivity contribution in [2.45, 2.75) is 32.4 Å². The van der Waals surface area contributed by atoms with Gasteiger partial charge in [0, 0.05) is 0 Å². The van der Waals surface area contributed by atoms with Gasteiger partial charge in [-0.05, 0) is 53.8 Å². The van der Waals surface area contributed by atoms with E-state index in [1.807, 2.05) is 12.1 Å². The van der Waals surface area contributed by atoms with Gasteiger partial charge >= 0.3 is 6.18 Å². The zero-order valence-corrected chi connectivity index (χ0v) is 14.5. The molecule has 0 N–H and O–H groups in total. The van der Waals surface area contributed by atoms with E-state index < -0.39 is 12.8 Å². The summed E-state index contributed by atoms with van der Waals surface area (Å²) in [6.07, 6.45) is 2.27. The van der Waals surface area contributed by atoms with Crippen molar-refractivity contribution in [3.8, 4) is 5.75 Å². The van der Waals surface area contributed by atoms with E-state index in [9.17, 15) is 13.2 Å². The Labute approximate surface area is 151 Å². The Morgan fingerprint density at radius 2 is 1.42 bits per heavy atom. The molecule has 2 aromatic carbocycles. The summed E-state index contributed by atoms with van der Waals surface area (Å²) in [5.74, 6) is 0.158. The normalized spacial score (nSPS) is 12.2. The lowest BCUT2D eigenvalue weighted by Gasteiger charge is -2.08. The highest BCUT2D eigenvalue weighted by molar-refractivity contribution is 5.82. The molecule has 2 aromatic rings. The minimum Gasteiger partial charge on any atom is -0.484 e. The third kappa shape index (κ3) is 7.51. The third-order valence-electron chi connectivity index (χ3n) is 3.56. The number of ether oxygens (including phenoxy) is 1. The van der Waals surface area contributed by atoms with Crippen LogP contribution in [-0.4, -0.2) is 25.2 Å². The van der Waals surface area contributed by atoms with Crippen molar-refractivity contribution >= 4 is 12.4 Å². The van der Waals surface area contributed by atoms with E-state index in [-0.39, 0.29) is 5.75 Å². The largest absolute Gasteiger partial charge is 0.484 e. The second-order valence-electron chi connectivity index (χ2n) is 5.81. The maximum atomic E-state index is 12.1. The van der Waals surface area contributed by atoms with Gasteiger partial charge in [-0.1, -0.05) is 37.6 Å². The first-order chi connectivity index (χ1) is 12.5. The molecule has 0 fully saturated rings. The maximum absolute atomic E-state index is 12.1. The molecule has 138 valence electrons. The Kier molecular flexibility index (Phi) is 7.38. The lowest BCUT2D eigenvalue weighted by molar-refractivity contribution is -0.153. The number of nitrogens with zero attached hydrogens (tertiary/aromatic N) is 2. The van der Waals surface area contributed by atoms with Crippen LogP contribution in [0.15, 0.2) is 58.7 Å². The minimum absolute atomic E-state index is 0.158. The molecule has 0 amide bonds. The fourth-order valence-corrected chi connectivity index (χ4v) is 2.17. The number of hydrogen-bond acceptors (Lipinski definition) is 3. The molecule has 2 rings (SSSR count). The molecule has 26 heavy (non-hydrogen) atoms. The summed E-state index contributed by atoms with van der Waals surface area (Å²) in [7, 11) is 0. The molecule has 0 saturated heterocycles. The highest BCUT2D eigenvalue weighted by Gasteiger charge is 2.28. The summed E-state index contributed by atoms with van der Waals surface area (Å²) in [6, 6.07) is 14.3. The smallest absolute Gasteiger partial charge is 0.422 e. The van der Waals surface area contributed by atoms with Gasteiger partial charge in [-0.25, -0.2) is 0 Å². The minimum atomic E-state index is -4.34. The van der Waals surface area contributed by atoms with Crippen LogP contribution in [-0.2, 0) is 6.42 Å². The molecule has 0 bridgehead atoms. The van der Waals surface area contributed by atoms with Crippen LogP contribution in [0.1, 0.15) is 36.5 Å². The number of alkyl halides is 3. The summed E-state index contributed by atoms with van der Waals surface area (Å²) < 4.78 is 40.9. The topological polar surface area (TPSA) is 34.0 Å². The lowest BCUT2D eigenvalue weighted by atomic mass is 10.1. The van der Waals surface area contributed by atoms with Crippen molar-refractivity contribution in [1.29, 1.82) is 0 Å². The van der Waals surface area contributed by atoms with E-state index in [4.69, 9.17) is 0 Å². The molecule has 0 spiro atoms. The number of rotatable bonds is 8. The number of aryl methyl sites for hydroxylation is 1. The first kappa shape index (κ1) is 19.7. The highest BCUT2D eigenvalue weighted by Crippen LogP contribution is 2.18. The lowest BCUT2D eigenvalue weighted by Crippen LogP contribution is -2.19. The monoisotopic (exact) mass is 362 g/mol. The summed E-state index contributed by atoms with van der Waals surface area (Å²) in [5.41, 5.74) is 2.98. The van der Waals surface area contributed by atoms with Crippen LogP contribution in [0.3, 0.4) is 0 Å². The van der Waals surface area contributed by atoms with Crippen LogP contribution in [0.4, 0.5) is 13.2 Å². The summed E-state index contributed by atoms with van der Waals surface area (Å²) in [5, 5.41) is 7.93. The molecule has 0 atom stereocenters. The summed E-state index contributed by atoms with van der Waals surface area (Å²) >= 11 is 0. The zero-order valence-electron chi connectivity index (χ0n) is 14.5. The quantitative estimate of drug-likeness (QED) is 0.456. The number of unbranched alkanes of at least 4 members (excludes halogenated alkanes) is 1. The van der Waals surface area contributed by atoms with Crippen LogP contribution in [0.2, 0.25) is 0 Å². The number of benzene rings is 2. The molecule has 0 heterocycles. The highest BCUT2D eigenvalue weighted by atomic mass is 19.4. The zero-order chi connectivity index (χ0) is 18.8.